The summed E-state index contributed by atoms with van der Waals surface area (Å²) in [4.78, 5) is 0. The molecule has 0 fully saturated rings. The highest BCUT2D eigenvalue weighted by atomic mass is 19.4. The molecule has 0 aliphatic rings. The lowest BCUT2D eigenvalue weighted by Gasteiger charge is -2.35. The van der Waals surface area contributed by atoms with Crippen molar-refractivity contribution in [2.24, 2.45) is 5.92 Å². The Bertz CT molecular complexity index is 642. The number of benzene rings is 1. The third-order valence-electron chi connectivity index (χ3n) is 3.75. The molecule has 28 heavy (non-hydrogen) atoms. The van der Waals surface area contributed by atoms with Gasteiger partial charge in [-0.2, -0.15) is 39.5 Å². The number of rotatable bonds is 9. The zero-order chi connectivity index (χ0) is 22.0. The molecule has 0 amide bonds. The molecule has 0 aliphatic carbocycles. The molecule has 1 aromatic rings. The van der Waals surface area contributed by atoms with Crippen LogP contribution in [0.3, 0.4) is 0 Å². The molecule has 1 unspecified atom stereocenters. The molecule has 1 rings (SSSR count). The molecule has 0 saturated heterocycles. The minimum Gasteiger partial charge on any atom is -0.493 e. The summed E-state index contributed by atoms with van der Waals surface area (Å²) >= 11 is 0. The van der Waals surface area contributed by atoms with Crippen LogP contribution in [0.2, 0.25) is 0 Å². The Morgan fingerprint density at radius 2 is 1.46 bits per heavy atom. The van der Waals surface area contributed by atoms with Crippen LogP contribution in [0.5, 0.6) is 5.75 Å². The Hall–Kier alpha value is -1.65. The molecule has 0 aliphatic heterocycles. The molecule has 0 saturated carbocycles. The fourth-order valence-corrected chi connectivity index (χ4v) is 2.17. The van der Waals surface area contributed by atoms with E-state index in [0.717, 1.165) is 13.2 Å². The van der Waals surface area contributed by atoms with E-state index in [-0.39, 0.29) is 23.8 Å². The predicted molar refractivity (Wildman–Crippen MR) is 82.0 cm³/mol. The second-order valence-corrected chi connectivity index (χ2v) is 6.56. The molecule has 0 heterocycles. The van der Waals surface area contributed by atoms with Gasteiger partial charge in [0, 0.05) is 13.5 Å². The first kappa shape index (κ1) is 24.4. The number of hydrogen-bond acceptors (Lipinski definition) is 2. The van der Waals surface area contributed by atoms with Crippen LogP contribution in [-0.4, -0.2) is 37.7 Å². The van der Waals surface area contributed by atoms with Crippen molar-refractivity contribution in [3.8, 4) is 5.75 Å². The molecule has 1 aromatic carbocycles. The van der Waals surface area contributed by atoms with Gasteiger partial charge in [0.05, 0.1) is 12.7 Å². The highest BCUT2D eigenvalue weighted by molar-refractivity contribution is 5.30. The standard InChI is InChI=1S/C17H19F9O2/c1-10(2)9-28-12-6-4-5-11(7-12)13(27-3)8-14(18,19)15(20,21)16(22,23)17(24,25)26/h4-7,10,13H,8-9H2,1-3H3. The Labute approximate surface area is 155 Å². The summed E-state index contributed by atoms with van der Waals surface area (Å²) < 4.78 is 127. The molecule has 11 heteroatoms. The van der Waals surface area contributed by atoms with Crippen molar-refractivity contribution in [2.75, 3.05) is 13.7 Å². The summed E-state index contributed by atoms with van der Waals surface area (Å²) in [7, 11) is 0.836. The van der Waals surface area contributed by atoms with Gasteiger partial charge in [0.15, 0.2) is 0 Å². The maximum absolute atomic E-state index is 13.9. The Morgan fingerprint density at radius 3 is 1.93 bits per heavy atom. The van der Waals surface area contributed by atoms with Gasteiger partial charge in [-0.3, -0.25) is 0 Å². The highest BCUT2D eigenvalue weighted by Crippen LogP contribution is 2.55. The molecular formula is C17H19F9O2. The first-order valence-electron chi connectivity index (χ1n) is 8.02. The van der Waals surface area contributed by atoms with Crippen LogP contribution >= 0.6 is 0 Å². The van der Waals surface area contributed by atoms with Crippen molar-refractivity contribution in [3.63, 3.8) is 0 Å². The minimum atomic E-state index is -6.93. The number of methoxy groups -OCH3 is 1. The summed E-state index contributed by atoms with van der Waals surface area (Å²) in [6.07, 6.45) is -10.8. The fraction of sp³-hybridized carbons (Fsp3) is 0.647. The normalized spacial score (nSPS) is 15.0. The third-order valence-corrected chi connectivity index (χ3v) is 3.75. The number of alkyl halides is 9. The lowest BCUT2D eigenvalue weighted by atomic mass is 9.95. The van der Waals surface area contributed by atoms with Gasteiger partial charge in [0.2, 0.25) is 0 Å². The summed E-state index contributed by atoms with van der Waals surface area (Å²) in [5, 5.41) is 0. The molecule has 0 aromatic heterocycles. The van der Waals surface area contributed by atoms with Crippen LogP contribution in [0.25, 0.3) is 0 Å². The summed E-state index contributed by atoms with van der Waals surface area (Å²) in [6.45, 7) is 3.89. The van der Waals surface area contributed by atoms with Crippen molar-refractivity contribution in [1.82, 2.24) is 0 Å². The number of hydrogen-bond donors (Lipinski definition) is 0. The van der Waals surface area contributed by atoms with Crippen LogP contribution in [0.1, 0.15) is 31.9 Å². The second kappa shape index (κ2) is 8.38. The van der Waals surface area contributed by atoms with E-state index in [1.807, 2.05) is 13.8 Å². The lowest BCUT2D eigenvalue weighted by molar-refractivity contribution is -0.398. The van der Waals surface area contributed by atoms with E-state index in [9.17, 15) is 39.5 Å². The Morgan fingerprint density at radius 1 is 0.893 bits per heavy atom. The van der Waals surface area contributed by atoms with E-state index in [1.54, 1.807) is 0 Å². The quantitative estimate of drug-likeness (QED) is 0.434. The van der Waals surface area contributed by atoms with Gasteiger partial charge in [-0.25, -0.2) is 0 Å². The molecule has 0 radical (unpaired) electrons. The van der Waals surface area contributed by atoms with Gasteiger partial charge in [0.25, 0.3) is 0 Å². The summed E-state index contributed by atoms with van der Waals surface area (Å²) in [5.74, 6) is -19.1. The van der Waals surface area contributed by atoms with Crippen molar-refractivity contribution in [2.45, 2.75) is 50.3 Å². The average Bonchev–Trinajstić information content (AvgIpc) is 2.56. The molecular weight excluding hydrogens is 407 g/mol. The molecule has 0 bridgehead atoms. The van der Waals surface area contributed by atoms with E-state index in [4.69, 9.17) is 4.74 Å². The van der Waals surface area contributed by atoms with E-state index >= 15 is 0 Å². The van der Waals surface area contributed by atoms with Gasteiger partial charge in [0.1, 0.15) is 5.75 Å². The first-order valence-corrected chi connectivity index (χ1v) is 8.02. The molecule has 2 nitrogen and oxygen atoms in total. The van der Waals surface area contributed by atoms with Crippen molar-refractivity contribution >= 4 is 0 Å². The third kappa shape index (κ3) is 5.03. The monoisotopic (exact) mass is 426 g/mol. The first-order chi connectivity index (χ1) is 12.6. The van der Waals surface area contributed by atoms with E-state index < -0.39 is 36.5 Å². The average molecular weight is 426 g/mol. The van der Waals surface area contributed by atoms with Crippen LogP contribution in [0.4, 0.5) is 39.5 Å². The molecule has 0 spiro atoms. The van der Waals surface area contributed by atoms with Crippen LogP contribution in [0.15, 0.2) is 24.3 Å². The summed E-state index contributed by atoms with van der Waals surface area (Å²) in [6, 6.07) is 5.08. The number of ether oxygens (including phenoxy) is 2. The lowest BCUT2D eigenvalue weighted by Crippen LogP contribution is -2.61. The van der Waals surface area contributed by atoms with Crippen molar-refractivity contribution in [1.29, 1.82) is 0 Å². The SMILES string of the molecule is COC(CC(F)(F)C(F)(F)C(F)(F)C(F)(F)F)c1cccc(OCC(C)C)c1. The smallest absolute Gasteiger partial charge is 0.460 e. The van der Waals surface area contributed by atoms with Gasteiger partial charge >= 0.3 is 23.9 Å². The van der Waals surface area contributed by atoms with Crippen LogP contribution < -0.4 is 4.74 Å². The summed E-state index contributed by atoms with van der Waals surface area (Å²) in [5.41, 5.74) is -0.144. The van der Waals surface area contributed by atoms with Crippen molar-refractivity contribution < 1.29 is 49.0 Å². The zero-order valence-corrected chi connectivity index (χ0v) is 15.1. The van der Waals surface area contributed by atoms with Crippen LogP contribution in [-0.2, 0) is 4.74 Å². The molecule has 0 N–H and O–H groups in total. The molecule has 162 valence electrons. The van der Waals surface area contributed by atoms with Gasteiger partial charge < -0.3 is 9.47 Å². The van der Waals surface area contributed by atoms with E-state index in [1.165, 1.54) is 18.2 Å². The van der Waals surface area contributed by atoms with Crippen LogP contribution in [0, 0.1) is 5.92 Å². The Kier molecular flexibility index (Phi) is 7.30. The van der Waals surface area contributed by atoms with E-state index in [0.29, 0.717) is 0 Å². The van der Waals surface area contributed by atoms with Gasteiger partial charge in [-0.05, 0) is 23.6 Å². The highest BCUT2D eigenvalue weighted by Gasteiger charge is 2.81. The number of halogens is 9. The molecule has 1 atom stereocenters. The topological polar surface area (TPSA) is 18.5 Å². The Balaban J connectivity index is 3.13. The fourth-order valence-electron chi connectivity index (χ4n) is 2.17. The van der Waals surface area contributed by atoms with Gasteiger partial charge in [-0.1, -0.05) is 26.0 Å². The maximum atomic E-state index is 13.9. The maximum Gasteiger partial charge on any atom is 0.460 e. The zero-order valence-electron chi connectivity index (χ0n) is 15.1. The second-order valence-electron chi connectivity index (χ2n) is 6.56. The van der Waals surface area contributed by atoms with Crippen molar-refractivity contribution in [3.05, 3.63) is 29.8 Å². The predicted octanol–water partition coefficient (Wildman–Crippen LogP) is 6.27. The largest absolute Gasteiger partial charge is 0.493 e. The van der Waals surface area contributed by atoms with E-state index in [2.05, 4.69) is 4.74 Å². The minimum absolute atomic E-state index is 0.106. The van der Waals surface area contributed by atoms with Gasteiger partial charge in [-0.15, -0.1) is 0 Å².